The molecule has 3 N–H and O–H groups in total. The Hall–Kier alpha value is -4.21. The number of ether oxygens (including phenoxy) is 3. The van der Waals surface area contributed by atoms with Gasteiger partial charge in [-0.3, -0.25) is 0 Å². The molecule has 186 valence electrons. The summed E-state index contributed by atoms with van der Waals surface area (Å²) < 4.78 is 16.2. The van der Waals surface area contributed by atoms with E-state index >= 15 is 0 Å². The van der Waals surface area contributed by atoms with Crippen molar-refractivity contribution in [1.29, 1.82) is 0 Å². The van der Waals surface area contributed by atoms with E-state index < -0.39 is 0 Å². The van der Waals surface area contributed by atoms with Crippen LogP contribution in [-0.2, 0) is 11.3 Å². The number of hydrogen-bond acceptors (Lipinski definition) is 9. The molecule has 3 aromatic carbocycles. The van der Waals surface area contributed by atoms with Crippen LogP contribution in [0.5, 0.6) is 23.0 Å². The minimum absolute atomic E-state index is 0.0599. The molecule has 0 aliphatic carbocycles. The molecule has 1 aromatic heterocycles. The first-order chi connectivity index (χ1) is 17.5. The number of rotatable bonds is 10. The van der Waals surface area contributed by atoms with E-state index in [0.717, 1.165) is 0 Å². The van der Waals surface area contributed by atoms with Gasteiger partial charge < -0.3 is 29.5 Å². The van der Waals surface area contributed by atoms with Crippen LogP contribution in [0.15, 0.2) is 60.7 Å². The molecule has 1 heterocycles. The first-order valence-corrected chi connectivity index (χ1v) is 11.4. The van der Waals surface area contributed by atoms with Gasteiger partial charge in [-0.1, -0.05) is 6.07 Å². The highest BCUT2D eigenvalue weighted by Gasteiger charge is 2.17. The number of aliphatic hydroxyl groups is 1. The third-order valence-corrected chi connectivity index (χ3v) is 5.38. The Morgan fingerprint density at radius 2 is 1.33 bits per heavy atom. The zero-order valence-corrected chi connectivity index (χ0v) is 20.0. The first-order valence-electron chi connectivity index (χ1n) is 11.4. The van der Waals surface area contributed by atoms with Crippen LogP contribution in [0.3, 0.4) is 0 Å². The van der Waals surface area contributed by atoms with Crippen molar-refractivity contribution in [2.75, 3.05) is 26.9 Å². The molecule has 0 fully saturated rings. The summed E-state index contributed by atoms with van der Waals surface area (Å²) >= 11 is 0. The van der Waals surface area contributed by atoms with Crippen LogP contribution in [0, 0.1) is 0 Å². The molecule has 0 saturated carbocycles. The van der Waals surface area contributed by atoms with E-state index in [1.54, 1.807) is 24.3 Å². The normalized spacial score (nSPS) is 10.9. The Labute approximate surface area is 208 Å². The molecule has 0 aliphatic rings. The molecule has 36 heavy (non-hydrogen) atoms. The molecule has 4 aromatic rings. The highest BCUT2D eigenvalue weighted by molar-refractivity contribution is 5.72. The zero-order chi connectivity index (χ0) is 25.5. The van der Waals surface area contributed by atoms with Crippen molar-refractivity contribution < 1.29 is 29.5 Å². The number of hydrogen-bond donors (Lipinski definition) is 3. The Balaban J connectivity index is 1.76. The highest BCUT2D eigenvalue weighted by atomic mass is 16.5. The van der Waals surface area contributed by atoms with Crippen molar-refractivity contribution in [1.82, 2.24) is 15.0 Å². The summed E-state index contributed by atoms with van der Waals surface area (Å²) in [5.74, 6) is 1.80. The molecular weight excluding hydrogens is 462 g/mol. The van der Waals surface area contributed by atoms with Gasteiger partial charge in [-0.15, -0.1) is 0 Å². The SMILES string of the molecule is CCOCCOc1ccc(-c2nc(-c3ccc(CO)cc3O)nc(-c3ccc(OC)cc3O)n2)cc1. The minimum Gasteiger partial charge on any atom is -0.507 e. The van der Waals surface area contributed by atoms with Gasteiger partial charge in [0.15, 0.2) is 17.5 Å². The van der Waals surface area contributed by atoms with Crippen molar-refractivity contribution in [3.63, 3.8) is 0 Å². The standard InChI is InChI=1S/C27H27N3O6/c1-3-35-12-13-36-19-7-5-18(6-8-19)25-28-26(21-10-4-17(16-31)14-23(21)32)30-27(29-25)22-11-9-20(34-2)15-24(22)33/h4-11,14-15,31-33H,3,12-13,16H2,1-2H3. The van der Waals surface area contributed by atoms with Crippen LogP contribution in [0.2, 0.25) is 0 Å². The summed E-state index contributed by atoms with van der Waals surface area (Å²) in [6.07, 6.45) is 0. The molecule has 0 aliphatic heterocycles. The number of benzene rings is 3. The van der Waals surface area contributed by atoms with Crippen LogP contribution >= 0.6 is 0 Å². The summed E-state index contributed by atoms with van der Waals surface area (Å²) in [7, 11) is 1.51. The van der Waals surface area contributed by atoms with Crippen molar-refractivity contribution in [2.45, 2.75) is 13.5 Å². The van der Waals surface area contributed by atoms with Gasteiger partial charge in [0, 0.05) is 18.2 Å². The van der Waals surface area contributed by atoms with E-state index in [9.17, 15) is 15.3 Å². The second-order valence-corrected chi connectivity index (χ2v) is 7.77. The maximum atomic E-state index is 10.6. The number of aliphatic hydroxyl groups excluding tert-OH is 1. The summed E-state index contributed by atoms with van der Waals surface area (Å²) in [6, 6.07) is 16.8. The van der Waals surface area contributed by atoms with Gasteiger partial charge in [-0.05, 0) is 61.0 Å². The lowest BCUT2D eigenvalue weighted by Crippen LogP contribution is -2.06. The van der Waals surface area contributed by atoms with E-state index in [-0.39, 0.29) is 29.8 Å². The van der Waals surface area contributed by atoms with Crippen LogP contribution in [0.4, 0.5) is 0 Å². The fourth-order valence-corrected chi connectivity index (χ4v) is 3.50. The quantitative estimate of drug-likeness (QED) is 0.281. The number of phenols is 2. The monoisotopic (exact) mass is 489 g/mol. The van der Waals surface area contributed by atoms with E-state index in [1.807, 2.05) is 31.2 Å². The summed E-state index contributed by atoms with van der Waals surface area (Å²) in [5.41, 5.74) is 1.99. The fourth-order valence-electron chi connectivity index (χ4n) is 3.50. The average molecular weight is 490 g/mol. The average Bonchev–Trinajstić information content (AvgIpc) is 2.91. The Morgan fingerprint density at radius 1 is 0.722 bits per heavy atom. The van der Waals surface area contributed by atoms with E-state index in [4.69, 9.17) is 14.2 Å². The highest BCUT2D eigenvalue weighted by Crippen LogP contribution is 2.34. The predicted molar refractivity (Wildman–Crippen MR) is 134 cm³/mol. The van der Waals surface area contributed by atoms with Gasteiger partial charge in [0.25, 0.3) is 0 Å². The lowest BCUT2D eigenvalue weighted by atomic mass is 10.1. The molecule has 0 saturated heterocycles. The summed E-state index contributed by atoms with van der Waals surface area (Å²) in [5, 5.41) is 30.5. The second kappa shape index (κ2) is 11.5. The molecule has 0 bridgehead atoms. The van der Waals surface area contributed by atoms with Gasteiger partial charge in [0.2, 0.25) is 0 Å². The molecule has 4 rings (SSSR count). The first kappa shape index (κ1) is 24.9. The Kier molecular flexibility index (Phi) is 7.94. The second-order valence-electron chi connectivity index (χ2n) is 7.77. The molecule has 9 nitrogen and oxygen atoms in total. The maximum Gasteiger partial charge on any atom is 0.167 e. The van der Waals surface area contributed by atoms with Gasteiger partial charge >= 0.3 is 0 Å². The molecule has 0 spiro atoms. The largest absolute Gasteiger partial charge is 0.507 e. The van der Waals surface area contributed by atoms with Crippen LogP contribution in [0.1, 0.15) is 12.5 Å². The maximum absolute atomic E-state index is 10.6. The van der Waals surface area contributed by atoms with Crippen molar-refractivity contribution in [3.8, 4) is 57.2 Å². The molecule has 9 heteroatoms. The van der Waals surface area contributed by atoms with E-state index in [1.165, 1.54) is 19.2 Å². The third-order valence-electron chi connectivity index (χ3n) is 5.38. The lowest BCUT2D eigenvalue weighted by Gasteiger charge is -2.12. The van der Waals surface area contributed by atoms with Gasteiger partial charge in [0.1, 0.15) is 29.6 Å². The Bertz CT molecular complexity index is 1260. The topological polar surface area (TPSA) is 127 Å². The lowest BCUT2D eigenvalue weighted by molar-refractivity contribution is 0.110. The van der Waals surface area contributed by atoms with Crippen LogP contribution in [-0.4, -0.2) is 57.2 Å². The van der Waals surface area contributed by atoms with Crippen LogP contribution in [0.25, 0.3) is 34.2 Å². The Morgan fingerprint density at radius 3 is 1.92 bits per heavy atom. The number of aromatic nitrogens is 3. The van der Waals surface area contributed by atoms with Gasteiger partial charge in [-0.2, -0.15) is 0 Å². The predicted octanol–water partition coefficient (Wildman–Crippen LogP) is 4.20. The van der Waals surface area contributed by atoms with Gasteiger partial charge in [0.05, 0.1) is 31.5 Å². The van der Waals surface area contributed by atoms with Crippen molar-refractivity contribution in [3.05, 3.63) is 66.2 Å². The smallest absolute Gasteiger partial charge is 0.167 e. The number of phenolic OH excluding ortho intramolecular Hbond substituents is 2. The molecule has 0 radical (unpaired) electrons. The molecular formula is C27H27N3O6. The third kappa shape index (κ3) is 5.70. The number of aromatic hydroxyl groups is 2. The van der Waals surface area contributed by atoms with Crippen molar-refractivity contribution >= 4 is 0 Å². The minimum atomic E-state index is -0.208. The van der Waals surface area contributed by atoms with E-state index in [2.05, 4.69) is 15.0 Å². The van der Waals surface area contributed by atoms with E-state index in [0.29, 0.717) is 59.4 Å². The number of methoxy groups -OCH3 is 1. The number of nitrogens with zero attached hydrogens (tertiary/aromatic N) is 3. The van der Waals surface area contributed by atoms with Crippen molar-refractivity contribution in [2.24, 2.45) is 0 Å². The zero-order valence-electron chi connectivity index (χ0n) is 20.0. The fraction of sp³-hybridized carbons (Fsp3) is 0.222. The molecule has 0 unspecified atom stereocenters. The molecule has 0 atom stereocenters. The molecule has 0 amide bonds. The summed E-state index contributed by atoms with van der Waals surface area (Å²) in [4.78, 5) is 13.7. The van der Waals surface area contributed by atoms with Gasteiger partial charge in [-0.25, -0.2) is 15.0 Å². The summed E-state index contributed by atoms with van der Waals surface area (Å²) in [6.45, 7) is 3.29. The van der Waals surface area contributed by atoms with Crippen LogP contribution < -0.4 is 9.47 Å².